The van der Waals surface area contributed by atoms with Crippen LogP contribution in [0.1, 0.15) is 37.3 Å². The van der Waals surface area contributed by atoms with E-state index in [1.807, 2.05) is 31.2 Å². The van der Waals surface area contributed by atoms with Crippen LogP contribution >= 0.6 is 15.9 Å². The fraction of sp³-hybridized carbons (Fsp3) is 0.348. The standard InChI is InChI=1S/C23H25BrFN3O3/c1-3-4-13-23(17-7-11-19(25)12-8-17)21(30)28(22(31)26-23)15-20(29)27(2)14-16-5-9-18(24)10-6-16/h5-12H,3-4,13-15H2,1-2H3,(H,26,31). The Morgan fingerprint density at radius 2 is 1.77 bits per heavy atom. The second kappa shape index (κ2) is 9.60. The van der Waals surface area contributed by atoms with Gasteiger partial charge >= 0.3 is 6.03 Å². The van der Waals surface area contributed by atoms with Gasteiger partial charge in [0.1, 0.15) is 17.9 Å². The van der Waals surface area contributed by atoms with Crippen molar-refractivity contribution < 1.29 is 18.8 Å². The highest BCUT2D eigenvalue weighted by Gasteiger charge is 2.52. The number of nitrogens with one attached hydrogen (secondary N) is 1. The third kappa shape index (κ3) is 4.95. The van der Waals surface area contributed by atoms with E-state index in [1.54, 1.807) is 7.05 Å². The molecule has 6 nitrogen and oxygen atoms in total. The Kier molecular flexibility index (Phi) is 7.10. The van der Waals surface area contributed by atoms with Crippen LogP contribution in [0.25, 0.3) is 0 Å². The molecule has 1 fully saturated rings. The lowest BCUT2D eigenvalue weighted by atomic mass is 9.85. The quantitative estimate of drug-likeness (QED) is 0.565. The van der Waals surface area contributed by atoms with Crippen LogP contribution in [0.3, 0.4) is 0 Å². The zero-order valence-corrected chi connectivity index (χ0v) is 19.1. The number of unbranched alkanes of at least 4 members (excludes halogenated alkanes) is 1. The van der Waals surface area contributed by atoms with Gasteiger partial charge in [0.2, 0.25) is 5.91 Å². The number of likely N-dealkylation sites (N-methyl/N-ethyl adjacent to an activating group) is 1. The van der Waals surface area contributed by atoms with Crippen LogP contribution in [0.4, 0.5) is 9.18 Å². The fourth-order valence-electron chi connectivity index (χ4n) is 3.66. The van der Waals surface area contributed by atoms with Crippen molar-refractivity contribution in [1.29, 1.82) is 0 Å². The highest BCUT2D eigenvalue weighted by atomic mass is 79.9. The van der Waals surface area contributed by atoms with Crippen LogP contribution in [-0.2, 0) is 21.7 Å². The van der Waals surface area contributed by atoms with Crippen LogP contribution in [0.2, 0.25) is 0 Å². The summed E-state index contributed by atoms with van der Waals surface area (Å²) < 4.78 is 14.4. The van der Waals surface area contributed by atoms with E-state index in [1.165, 1.54) is 29.2 Å². The number of rotatable bonds is 8. The van der Waals surface area contributed by atoms with Crippen molar-refractivity contribution in [3.05, 3.63) is 69.9 Å². The summed E-state index contributed by atoms with van der Waals surface area (Å²) in [6.07, 6.45) is 1.88. The third-order valence-electron chi connectivity index (χ3n) is 5.47. The smallest absolute Gasteiger partial charge is 0.325 e. The minimum Gasteiger partial charge on any atom is -0.340 e. The SMILES string of the molecule is CCCCC1(c2ccc(F)cc2)NC(=O)N(CC(=O)N(C)Cc2ccc(Br)cc2)C1=O. The second-order valence-electron chi connectivity index (χ2n) is 7.71. The summed E-state index contributed by atoms with van der Waals surface area (Å²) in [7, 11) is 1.63. The summed E-state index contributed by atoms with van der Waals surface area (Å²) in [6.45, 7) is 1.99. The first-order valence-corrected chi connectivity index (χ1v) is 10.9. The van der Waals surface area contributed by atoms with Crippen molar-refractivity contribution in [3.8, 4) is 0 Å². The first-order chi connectivity index (χ1) is 14.8. The number of halogens is 2. The number of hydrogen-bond acceptors (Lipinski definition) is 3. The van der Waals surface area contributed by atoms with Gasteiger partial charge in [0, 0.05) is 18.1 Å². The van der Waals surface area contributed by atoms with Gasteiger partial charge in [-0.15, -0.1) is 0 Å². The van der Waals surface area contributed by atoms with Gasteiger partial charge in [0.15, 0.2) is 0 Å². The molecule has 2 aromatic carbocycles. The molecule has 3 rings (SSSR count). The van der Waals surface area contributed by atoms with E-state index in [9.17, 15) is 18.8 Å². The molecule has 0 bridgehead atoms. The van der Waals surface area contributed by atoms with Crippen LogP contribution in [0.15, 0.2) is 53.0 Å². The predicted molar refractivity (Wildman–Crippen MR) is 118 cm³/mol. The first kappa shape index (κ1) is 22.9. The molecular formula is C23H25BrFN3O3. The molecule has 164 valence electrons. The summed E-state index contributed by atoms with van der Waals surface area (Å²) in [5.74, 6) is -1.26. The number of carbonyl (C=O) groups excluding carboxylic acids is 3. The lowest BCUT2D eigenvalue weighted by molar-refractivity contribution is -0.139. The number of carbonyl (C=O) groups is 3. The minimum absolute atomic E-state index is 0.350. The Labute approximate surface area is 189 Å². The van der Waals surface area contributed by atoms with Gasteiger partial charge in [0.25, 0.3) is 5.91 Å². The average Bonchev–Trinajstić information content (AvgIpc) is 2.99. The highest BCUT2D eigenvalue weighted by Crippen LogP contribution is 2.34. The molecule has 0 aromatic heterocycles. The van der Waals surface area contributed by atoms with Crippen molar-refractivity contribution in [3.63, 3.8) is 0 Å². The van der Waals surface area contributed by atoms with E-state index >= 15 is 0 Å². The molecule has 1 aliphatic rings. The molecule has 1 aliphatic heterocycles. The molecule has 1 atom stereocenters. The summed E-state index contributed by atoms with van der Waals surface area (Å²) >= 11 is 3.37. The fourth-order valence-corrected chi connectivity index (χ4v) is 3.93. The number of urea groups is 1. The number of benzene rings is 2. The Hall–Kier alpha value is -2.74. The molecule has 31 heavy (non-hydrogen) atoms. The molecule has 2 aromatic rings. The Morgan fingerprint density at radius 1 is 1.13 bits per heavy atom. The molecule has 1 saturated heterocycles. The van der Waals surface area contributed by atoms with Gasteiger partial charge < -0.3 is 10.2 Å². The third-order valence-corrected chi connectivity index (χ3v) is 6.00. The van der Waals surface area contributed by atoms with Gasteiger partial charge in [-0.3, -0.25) is 14.5 Å². The summed E-state index contributed by atoms with van der Waals surface area (Å²) in [5, 5.41) is 2.78. The van der Waals surface area contributed by atoms with E-state index in [2.05, 4.69) is 21.2 Å². The van der Waals surface area contributed by atoms with Crippen molar-refractivity contribution in [1.82, 2.24) is 15.1 Å². The van der Waals surface area contributed by atoms with Crippen LogP contribution in [0.5, 0.6) is 0 Å². The first-order valence-electron chi connectivity index (χ1n) is 10.2. The maximum atomic E-state index is 13.4. The molecule has 1 N–H and O–H groups in total. The minimum atomic E-state index is -1.29. The molecule has 0 aliphatic carbocycles. The van der Waals surface area contributed by atoms with Crippen LogP contribution in [-0.4, -0.2) is 41.2 Å². The predicted octanol–water partition coefficient (Wildman–Crippen LogP) is 4.18. The summed E-state index contributed by atoms with van der Waals surface area (Å²) in [6, 6.07) is 12.5. The van der Waals surface area contributed by atoms with Gasteiger partial charge in [-0.25, -0.2) is 9.18 Å². The van der Waals surface area contributed by atoms with Gasteiger partial charge in [-0.05, 0) is 41.8 Å². The van der Waals surface area contributed by atoms with Gasteiger partial charge in [0.05, 0.1) is 0 Å². The molecule has 8 heteroatoms. The van der Waals surface area contributed by atoms with E-state index in [-0.39, 0.29) is 12.5 Å². The summed E-state index contributed by atoms with van der Waals surface area (Å²) in [4.78, 5) is 41.3. The van der Waals surface area contributed by atoms with Crippen molar-refractivity contribution >= 4 is 33.8 Å². The number of nitrogens with zero attached hydrogens (tertiary/aromatic N) is 2. The van der Waals surface area contributed by atoms with E-state index < -0.39 is 23.3 Å². The topological polar surface area (TPSA) is 69.7 Å². The molecular weight excluding hydrogens is 465 g/mol. The summed E-state index contributed by atoms with van der Waals surface area (Å²) in [5.41, 5.74) is 0.157. The molecule has 1 unspecified atom stereocenters. The van der Waals surface area contributed by atoms with Crippen molar-refractivity contribution in [2.24, 2.45) is 0 Å². The van der Waals surface area contributed by atoms with E-state index in [0.29, 0.717) is 24.9 Å². The molecule has 0 radical (unpaired) electrons. The van der Waals surface area contributed by atoms with Crippen LogP contribution < -0.4 is 5.32 Å². The lowest BCUT2D eigenvalue weighted by Gasteiger charge is -2.27. The Morgan fingerprint density at radius 3 is 2.39 bits per heavy atom. The van der Waals surface area contributed by atoms with Crippen molar-refractivity contribution in [2.75, 3.05) is 13.6 Å². The number of amides is 4. The maximum absolute atomic E-state index is 13.4. The second-order valence-corrected chi connectivity index (χ2v) is 8.63. The van der Waals surface area contributed by atoms with Gasteiger partial charge in [-0.1, -0.05) is 60.0 Å². The molecule has 0 spiro atoms. The zero-order valence-electron chi connectivity index (χ0n) is 17.5. The van der Waals surface area contributed by atoms with Gasteiger partial charge in [-0.2, -0.15) is 0 Å². The zero-order chi connectivity index (χ0) is 22.6. The maximum Gasteiger partial charge on any atom is 0.325 e. The Balaban J connectivity index is 1.77. The number of imide groups is 1. The largest absolute Gasteiger partial charge is 0.340 e. The molecule has 1 heterocycles. The Bertz CT molecular complexity index is 965. The van der Waals surface area contributed by atoms with E-state index in [4.69, 9.17) is 0 Å². The lowest BCUT2D eigenvalue weighted by Crippen LogP contribution is -2.45. The highest BCUT2D eigenvalue weighted by molar-refractivity contribution is 9.10. The molecule has 4 amide bonds. The van der Waals surface area contributed by atoms with Crippen LogP contribution in [0, 0.1) is 5.82 Å². The number of hydrogen-bond donors (Lipinski definition) is 1. The van der Waals surface area contributed by atoms with Crippen molar-refractivity contribution in [2.45, 2.75) is 38.3 Å². The monoisotopic (exact) mass is 489 g/mol. The normalized spacial score (nSPS) is 18.3. The molecule has 0 saturated carbocycles. The van der Waals surface area contributed by atoms with E-state index in [0.717, 1.165) is 21.4 Å². The average molecular weight is 490 g/mol.